The van der Waals surface area contributed by atoms with Gasteiger partial charge in [-0.05, 0) is 31.4 Å². The van der Waals surface area contributed by atoms with Crippen LogP contribution in [0.2, 0.25) is 0 Å². The lowest BCUT2D eigenvalue weighted by molar-refractivity contribution is 0.305. The highest BCUT2D eigenvalue weighted by molar-refractivity contribution is 5.82. The molecule has 1 aromatic heterocycles. The molecule has 0 aliphatic heterocycles. The van der Waals surface area contributed by atoms with Crippen molar-refractivity contribution in [2.75, 3.05) is 13.6 Å². The van der Waals surface area contributed by atoms with Crippen molar-refractivity contribution in [3.8, 4) is 0 Å². The molecule has 0 amide bonds. The van der Waals surface area contributed by atoms with Crippen molar-refractivity contribution in [1.29, 1.82) is 0 Å². The van der Waals surface area contributed by atoms with Gasteiger partial charge in [0.25, 0.3) is 0 Å². The van der Waals surface area contributed by atoms with Crippen molar-refractivity contribution in [2.24, 2.45) is 17.6 Å². The van der Waals surface area contributed by atoms with Crippen LogP contribution in [-0.4, -0.2) is 18.5 Å². The van der Waals surface area contributed by atoms with Gasteiger partial charge in [-0.3, -0.25) is 0 Å². The van der Waals surface area contributed by atoms with E-state index in [2.05, 4.69) is 31.0 Å². The summed E-state index contributed by atoms with van der Waals surface area (Å²) in [5, 5.41) is 1.21. The monoisotopic (exact) mass is 258 g/mol. The minimum Gasteiger partial charge on any atom is -0.459 e. The minimum absolute atomic E-state index is 0.470. The largest absolute Gasteiger partial charge is 0.459 e. The van der Waals surface area contributed by atoms with Crippen LogP contribution in [0.5, 0.6) is 0 Å². The summed E-state index contributed by atoms with van der Waals surface area (Å²) in [7, 11) is 2.19. The van der Waals surface area contributed by atoms with E-state index in [0.29, 0.717) is 6.54 Å². The molecule has 1 aromatic carbocycles. The van der Waals surface area contributed by atoms with E-state index >= 15 is 0 Å². The van der Waals surface area contributed by atoms with Crippen molar-refractivity contribution in [1.82, 2.24) is 4.90 Å². The van der Waals surface area contributed by atoms with Crippen LogP contribution in [0, 0.1) is 11.8 Å². The Labute approximate surface area is 114 Å². The van der Waals surface area contributed by atoms with Crippen molar-refractivity contribution in [3.05, 3.63) is 35.6 Å². The summed E-state index contributed by atoms with van der Waals surface area (Å²) >= 11 is 0. The summed E-state index contributed by atoms with van der Waals surface area (Å²) < 4.78 is 5.84. The fraction of sp³-hybridized carbons (Fsp3) is 0.500. The van der Waals surface area contributed by atoms with Crippen LogP contribution in [-0.2, 0) is 13.1 Å². The summed E-state index contributed by atoms with van der Waals surface area (Å²) in [6.45, 7) is 4.90. The minimum atomic E-state index is 0.470. The Morgan fingerprint density at radius 3 is 2.79 bits per heavy atom. The number of rotatable bonds is 5. The SMILES string of the molecule is CC1CC1CN(C)Cc1c(CN)oc2ccccc12. The van der Waals surface area contributed by atoms with Gasteiger partial charge in [0.05, 0.1) is 6.54 Å². The lowest BCUT2D eigenvalue weighted by atomic mass is 10.1. The molecule has 1 fully saturated rings. The Balaban J connectivity index is 1.82. The summed E-state index contributed by atoms with van der Waals surface area (Å²) in [6.07, 6.45) is 1.38. The Morgan fingerprint density at radius 1 is 1.37 bits per heavy atom. The first-order valence-corrected chi connectivity index (χ1v) is 7.07. The molecule has 3 heteroatoms. The van der Waals surface area contributed by atoms with Crippen LogP contribution in [0.1, 0.15) is 24.7 Å². The fourth-order valence-electron chi connectivity index (χ4n) is 2.88. The smallest absolute Gasteiger partial charge is 0.134 e. The Bertz CT molecular complexity index is 575. The molecule has 1 aliphatic carbocycles. The van der Waals surface area contributed by atoms with Crippen LogP contribution in [0.4, 0.5) is 0 Å². The van der Waals surface area contributed by atoms with Gasteiger partial charge in [-0.15, -0.1) is 0 Å². The van der Waals surface area contributed by atoms with Crippen molar-refractivity contribution in [3.63, 3.8) is 0 Å². The molecule has 3 rings (SSSR count). The van der Waals surface area contributed by atoms with Gasteiger partial charge in [0.1, 0.15) is 11.3 Å². The first kappa shape index (κ1) is 12.7. The number of furan rings is 1. The van der Waals surface area contributed by atoms with E-state index in [0.717, 1.165) is 29.7 Å². The van der Waals surface area contributed by atoms with Gasteiger partial charge in [-0.25, -0.2) is 0 Å². The van der Waals surface area contributed by atoms with E-state index in [1.807, 2.05) is 12.1 Å². The van der Waals surface area contributed by atoms with Gasteiger partial charge in [-0.1, -0.05) is 25.1 Å². The molecular weight excluding hydrogens is 236 g/mol. The van der Waals surface area contributed by atoms with Crippen molar-refractivity contribution in [2.45, 2.75) is 26.4 Å². The van der Waals surface area contributed by atoms with Crippen LogP contribution >= 0.6 is 0 Å². The highest BCUT2D eigenvalue weighted by Gasteiger charge is 2.33. The molecular formula is C16H22N2O. The third kappa shape index (κ3) is 2.53. The maximum absolute atomic E-state index is 5.84. The molecule has 0 bridgehead atoms. The van der Waals surface area contributed by atoms with Crippen molar-refractivity contribution < 1.29 is 4.42 Å². The van der Waals surface area contributed by atoms with E-state index in [9.17, 15) is 0 Å². The van der Waals surface area contributed by atoms with E-state index < -0.39 is 0 Å². The summed E-state index contributed by atoms with van der Waals surface area (Å²) in [5.41, 5.74) is 8.02. The lowest BCUT2D eigenvalue weighted by Gasteiger charge is -2.16. The number of nitrogens with two attached hydrogens (primary N) is 1. The standard InChI is InChI=1S/C16H22N2O/c1-11-7-12(11)9-18(2)10-14-13-5-3-4-6-15(13)19-16(14)8-17/h3-6,11-12H,7-10,17H2,1-2H3. The molecule has 102 valence electrons. The molecule has 1 aliphatic rings. The van der Waals surface area contributed by atoms with Gasteiger partial charge in [0.15, 0.2) is 0 Å². The first-order chi connectivity index (χ1) is 9.19. The number of para-hydroxylation sites is 1. The third-order valence-corrected chi connectivity index (χ3v) is 4.22. The molecule has 19 heavy (non-hydrogen) atoms. The quantitative estimate of drug-likeness (QED) is 0.896. The van der Waals surface area contributed by atoms with E-state index in [1.165, 1.54) is 23.9 Å². The summed E-state index contributed by atoms with van der Waals surface area (Å²) in [6, 6.07) is 8.21. The average Bonchev–Trinajstić information content (AvgIpc) is 2.97. The number of hydrogen-bond donors (Lipinski definition) is 1. The second-order valence-corrected chi connectivity index (χ2v) is 5.87. The van der Waals surface area contributed by atoms with Crippen LogP contribution < -0.4 is 5.73 Å². The highest BCUT2D eigenvalue weighted by Crippen LogP contribution is 2.38. The van der Waals surface area contributed by atoms with Crippen LogP contribution in [0.3, 0.4) is 0 Å². The van der Waals surface area contributed by atoms with Gasteiger partial charge < -0.3 is 15.1 Å². The highest BCUT2D eigenvalue weighted by atomic mass is 16.3. The first-order valence-electron chi connectivity index (χ1n) is 7.07. The normalized spacial score (nSPS) is 22.3. The number of fused-ring (bicyclic) bond motifs is 1. The van der Waals surface area contributed by atoms with Gasteiger partial charge in [0, 0.05) is 24.0 Å². The Hall–Kier alpha value is -1.32. The van der Waals surface area contributed by atoms with Gasteiger partial charge in [0.2, 0.25) is 0 Å². The lowest BCUT2D eigenvalue weighted by Crippen LogP contribution is -2.21. The van der Waals surface area contributed by atoms with Crippen LogP contribution in [0.15, 0.2) is 28.7 Å². The molecule has 2 N–H and O–H groups in total. The molecule has 0 saturated heterocycles. The molecule has 0 spiro atoms. The zero-order chi connectivity index (χ0) is 13.4. The summed E-state index contributed by atoms with van der Waals surface area (Å²) in [5.74, 6) is 2.71. The maximum atomic E-state index is 5.84. The number of hydrogen-bond acceptors (Lipinski definition) is 3. The Kier molecular flexibility index (Phi) is 3.33. The van der Waals surface area contributed by atoms with E-state index in [4.69, 9.17) is 10.2 Å². The molecule has 0 radical (unpaired) electrons. The molecule has 2 unspecified atom stereocenters. The van der Waals surface area contributed by atoms with Crippen molar-refractivity contribution >= 4 is 11.0 Å². The molecule has 2 atom stereocenters. The maximum Gasteiger partial charge on any atom is 0.134 e. The van der Waals surface area contributed by atoms with Crippen LogP contribution in [0.25, 0.3) is 11.0 Å². The number of nitrogens with zero attached hydrogens (tertiary/aromatic N) is 1. The second-order valence-electron chi connectivity index (χ2n) is 5.87. The average molecular weight is 258 g/mol. The third-order valence-electron chi connectivity index (χ3n) is 4.22. The topological polar surface area (TPSA) is 42.4 Å². The zero-order valence-electron chi connectivity index (χ0n) is 11.7. The predicted octanol–water partition coefficient (Wildman–Crippen LogP) is 2.98. The number of benzene rings is 1. The summed E-state index contributed by atoms with van der Waals surface area (Å²) in [4.78, 5) is 2.39. The van der Waals surface area contributed by atoms with Gasteiger partial charge >= 0.3 is 0 Å². The Morgan fingerprint density at radius 2 is 2.11 bits per heavy atom. The van der Waals surface area contributed by atoms with Gasteiger partial charge in [-0.2, -0.15) is 0 Å². The second kappa shape index (κ2) is 4.99. The molecule has 2 aromatic rings. The zero-order valence-corrected chi connectivity index (χ0v) is 11.7. The fourth-order valence-corrected chi connectivity index (χ4v) is 2.88. The van der Waals surface area contributed by atoms with E-state index in [1.54, 1.807) is 0 Å². The molecule has 1 heterocycles. The van der Waals surface area contributed by atoms with E-state index in [-0.39, 0.29) is 0 Å². The predicted molar refractivity (Wildman–Crippen MR) is 77.7 cm³/mol. The molecule has 3 nitrogen and oxygen atoms in total. The molecule has 1 saturated carbocycles.